The number of amides is 2. The molecule has 1 aromatic heterocycles. The summed E-state index contributed by atoms with van der Waals surface area (Å²) in [6.07, 6.45) is 2.21. The molecule has 1 aliphatic carbocycles. The molecule has 32 heavy (non-hydrogen) atoms. The third-order valence-electron chi connectivity index (χ3n) is 6.33. The van der Waals surface area contributed by atoms with E-state index in [-0.39, 0.29) is 29.9 Å². The number of benzene rings is 1. The first-order valence-corrected chi connectivity index (χ1v) is 10.8. The summed E-state index contributed by atoms with van der Waals surface area (Å²) in [6, 6.07) is 5.34. The van der Waals surface area contributed by atoms with Crippen LogP contribution < -0.4 is 20.4 Å². The van der Waals surface area contributed by atoms with Crippen LogP contribution in [0.25, 0.3) is 0 Å². The zero-order valence-electron chi connectivity index (χ0n) is 18.0. The molecule has 2 amide bonds. The summed E-state index contributed by atoms with van der Waals surface area (Å²) in [5, 5.41) is 5.94. The summed E-state index contributed by atoms with van der Waals surface area (Å²) < 4.78 is 18.4. The first-order chi connectivity index (χ1) is 15.4. The van der Waals surface area contributed by atoms with Crippen molar-refractivity contribution in [1.29, 1.82) is 0 Å². The predicted molar refractivity (Wildman–Crippen MR) is 118 cm³/mol. The van der Waals surface area contributed by atoms with E-state index in [9.17, 15) is 14.0 Å². The smallest absolute Gasteiger partial charge is 0.411 e. The number of hydrogen-bond donors (Lipinski definition) is 2. The van der Waals surface area contributed by atoms with Crippen LogP contribution in [-0.4, -0.2) is 53.7 Å². The van der Waals surface area contributed by atoms with Gasteiger partial charge in [0.1, 0.15) is 23.7 Å². The second-order valence-electron chi connectivity index (χ2n) is 8.52. The highest BCUT2D eigenvalue weighted by atomic mass is 19.1. The molecule has 3 aliphatic rings. The van der Waals surface area contributed by atoms with E-state index in [4.69, 9.17) is 9.72 Å². The van der Waals surface area contributed by atoms with Gasteiger partial charge in [-0.05, 0) is 44.0 Å². The highest BCUT2D eigenvalue weighted by Gasteiger charge is 2.39. The summed E-state index contributed by atoms with van der Waals surface area (Å²) in [7, 11) is 1.88. The van der Waals surface area contributed by atoms with Gasteiger partial charge in [-0.15, -0.1) is 0 Å². The Kier molecular flexibility index (Phi) is 5.07. The fraction of sp³-hybridized carbons (Fsp3) is 0.455. The molecule has 0 radical (unpaired) electrons. The molecular weight excluding hydrogens is 415 g/mol. The highest BCUT2D eigenvalue weighted by Crippen LogP contribution is 2.40. The van der Waals surface area contributed by atoms with Gasteiger partial charge < -0.3 is 19.9 Å². The van der Waals surface area contributed by atoms with Crippen LogP contribution in [0.1, 0.15) is 31.9 Å². The lowest BCUT2D eigenvalue weighted by molar-refractivity contribution is -0.119. The van der Waals surface area contributed by atoms with Gasteiger partial charge >= 0.3 is 6.09 Å². The molecular formula is C22H25FN6O3. The van der Waals surface area contributed by atoms with Gasteiger partial charge in [0.05, 0.1) is 5.69 Å². The fourth-order valence-corrected chi connectivity index (χ4v) is 4.35. The van der Waals surface area contributed by atoms with E-state index in [1.807, 2.05) is 23.8 Å². The van der Waals surface area contributed by atoms with Crippen LogP contribution in [0, 0.1) is 5.82 Å². The van der Waals surface area contributed by atoms with Crippen LogP contribution in [0.4, 0.5) is 32.3 Å². The number of rotatable bonds is 4. The van der Waals surface area contributed by atoms with E-state index in [0.717, 1.165) is 30.0 Å². The van der Waals surface area contributed by atoms with Crippen molar-refractivity contribution in [2.24, 2.45) is 0 Å². The van der Waals surface area contributed by atoms with E-state index >= 15 is 0 Å². The molecule has 1 fully saturated rings. The number of ether oxygens (including phenoxy) is 1. The Morgan fingerprint density at radius 1 is 1.22 bits per heavy atom. The average Bonchev–Trinajstić information content (AvgIpc) is 2.75. The molecule has 168 valence electrons. The highest BCUT2D eigenvalue weighted by molar-refractivity contribution is 6.05. The summed E-state index contributed by atoms with van der Waals surface area (Å²) in [4.78, 5) is 37.8. The quantitative estimate of drug-likeness (QED) is 0.754. The molecule has 1 atom stereocenters. The van der Waals surface area contributed by atoms with Crippen LogP contribution in [0.5, 0.6) is 0 Å². The Bertz CT molecular complexity index is 1060. The van der Waals surface area contributed by atoms with Gasteiger partial charge in [0.15, 0.2) is 5.82 Å². The molecule has 3 heterocycles. The SMILES string of the molecule is C[C@H]1C(=O)N2CCCc3nc(NC4CC(OC(=O)Nc5ccc(F)cc5)C4)nc(c32)N1C. The number of halogens is 1. The number of aryl methyl sites for hydroxylation is 1. The molecule has 5 rings (SSSR count). The number of anilines is 4. The van der Waals surface area contributed by atoms with Gasteiger partial charge in [-0.25, -0.2) is 14.2 Å². The molecule has 2 aliphatic heterocycles. The van der Waals surface area contributed by atoms with Gasteiger partial charge in [0, 0.05) is 38.2 Å². The van der Waals surface area contributed by atoms with Crippen LogP contribution in [-0.2, 0) is 16.0 Å². The maximum atomic E-state index is 13.0. The summed E-state index contributed by atoms with van der Waals surface area (Å²) >= 11 is 0. The summed E-state index contributed by atoms with van der Waals surface area (Å²) in [6.45, 7) is 2.59. The topological polar surface area (TPSA) is 99.7 Å². The van der Waals surface area contributed by atoms with E-state index < -0.39 is 6.09 Å². The number of likely N-dealkylation sites (N-methyl/N-ethyl adjacent to an activating group) is 1. The van der Waals surface area contributed by atoms with Gasteiger partial charge in [-0.1, -0.05) is 0 Å². The molecule has 1 aromatic carbocycles. The number of carbonyl (C=O) groups is 2. The zero-order chi connectivity index (χ0) is 22.4. The normalized spacial score (nSPS) is 23.8. The minimum absolute atomic E-state index is 0.0863. The Morgan fingerprint density at radius 3 is 2.72 bits per heavy atom. The maximum absolute atomic E-state index is 13.0. The fourth-order valence-electron chi connectivity index (χ4n) is 4.35. The Labute approximate surface area is 185 Å². The molecule has 0 spiro atoms. The zero-order valence-corrected chi connectivity index (χ0v) is 18.0. The van der Waals surface area contributed by atoms with Crippen molar-refractivity contribution in [1.82, 2.24) is 9.97 Å². The van der Waals surface area contributed by atoms with Crippen molar-refractivity contribution in [3.63, 3.8) is 0 Å². The summed E-state index contributed by atoms with van der Waals surface area (Å²) in [5.74, 6) is 1.03. The van der Waals surface area contributed by atoms with Crippen LogP contribution in [0.15, 0.2) is 24.3 Å². The molecule has 1 saturated carbocycles. The maximum Gasteiger partial charge on any atom is 0.411 e. The number of hydrogen-bond acceptors (Lipinski definition) is 7. The second kappa shape index (κ2) is 7.92. The molecule has 9 nitrogen and oxygen atoms in total. The van der Waals surface area contributed by atoms with Gasteiger partial charge in [0.25, 0.3) is 0 Å². The van der Waals surface area contributed by atoms with Crippen molar-refractivity contribution in [3.8, 4) is 0 Å². The Morgan fingerprint density at radius 2 is 1.97 bits per heavy atom. The van der Waals surface area contributed by atoms with Crippen molar-refractivity contribution >= 4 is 35.1 Å². The van der Waals surface area contributed by atoms with Crippen molar-refractivity contribution < 1.29 is 18.7 Å². The van der Waals surface area contributed by atoms with Crippen molar-refractivity contribution in [2.45, 2.75) is 50.8 Å². The molecule has 2 aromatic rings. The lowest BCUT2D eigenvalue weighted by Crippen LogP contribution is -2.53. The molecule has 0 bridgehead atoms. The third-order valence-corrected chi connectivity index (χ3v) is 6.33. The largest absolute Gasteiger partial charge is 0.446 e. The Hall–Kier alpha value is -3.43. The van der Waals surface area contributed by atoms with E-state index in [1.54, 1.807) is 0 Å². The monoisotopic (exact) mass is 440 g/mol. The predicted octanol–water partition coefficient (Wildman–Crippen LogP) is 2.92. The first kappa shape index (κ1) is 20.5. The van der Waals surface area contributed by atoms with E-state index in [1.165, 1.54) is 24.3 Å². The minimum atomic E-state index is -0.560. The van der Waals surface area contributed by atoms with Gasteiger partial charge in [-0.3, -0.25) is 10.1 Å². The number of nitrogens with zero attached hydrogens (tertiary/aromatic N) is 4. The first-order valence-electron chi connectivity index (χ1n) is 10.8. The second-order valence-corrected chi connectivity index (χ2v) is 8.52. The lowest BCUT2D eigenvalue weighted by atomic mass is 9.89. The van der Waals surface area contributed by atoms with Gasteiger partial charge in [-0.2, -0.15) is 4.98 Å². The Balaban J connectivity index is 1.20. The average molecular weight is 440 g/mol. The number of aromatic nitrogens is 2. The minimum Gasteiger partial charge on any atom is -0.446 e. The summed E-state index contributed by atoms with van der Waals surface area (Å²) in [5.41, 5.74) is 2.20. The molecule has 10 heteroatoms. The lowest BCUT2D eigenvalue weighted by Gasteiger charge is -2.42. The molecule has 0 unspecified atom stereocenters. The van der Waals surface area contributed by atoms with E-state index in [2.05, 4.69) is 15.6 Å². The third kappa shape index (κ3) is 3.69. The van der Waals surface area contributed by atoms with Crippen molar-refractivity contribution in [3.05, 3.63) is 35.8 Å². The number of carbonyl (C=O) groups excluding carboxylic acids is 2. The van der Waals surface area contributed by atoms with E-state index in [0.29, 0.717) is 31.0 Å². The van der Waals surface area contributed by atoms with Crippen LogP contribution in [0.2, 0.25) is 0 Å². The van der Waals surface area contributed by atoms with Crippen LogP contribution >= 0.6 is 0 Å². The number of nitrogens with one attached hydrogen (secondary N) is 2. The van der Waals surface area contributed by atoms with Gasteiger partial charge in [0.2, 0.25) is 11.9 Å². The molecule has 2 N–H and O–H groups in total. The standard InChI is InChI=1S/C22H25FN6O3/c1-12-20(30)29-9-3-4-17-18(29)19(28(12)2)27-21(26-17)24-15-10-16(11-15)32-22(31)25-14-7-5-13(23)6-8-14/h5-8,12,15-16H,3-4,9-11H2,1-2H3,(H,25,31)(H,24,26,27)/t12-,15?,16?/m0/s1. The molecule has 0 saturated heterocycles. The van der Waals surface area contributed by atoms with Crippen LogP contribution in [0.3, 0.4) is 0 Å². The van der Waals surface area contributed by atoms with Crippen molar-refractivity contribution in [2.75, 3.05) is 34.0 Å².